The molecule has 0 aromatic heterocycles. The summed E-state index contributed by atoms with van der Waals surface area (Å²) < 4.78 is 0. The second-order valence-electron chi connectivity index (χ2n) is 5.31. The fourth-order valence-corrected chi connectivity index (χ4v) is 4.95. The van der Waals surface area contributed by atoms with E-state index in [9.17, 15) is 0 Å². The third-order valence-electron chi connectivity index (χ3n) is 3.68. The molecule has 0 bridgehead atoms. The summed E-state index contributed by atoms with van der Waals surface area (Å²) in [7, 11) is -0.196. The van der Waals surface area contributed by atoms with Gasteiger partial charge in [0.15, 0.2) is 0 Å². The molecule has 2 rings (SSSR count). The van der Waals surface area contributed by atoms with E-state index >= 15 is 0 Å². The van der Waals surface area contributed by atoms with Crippen molar-refractivity contribution in [1.29, 1.82) is 0 Å². The van der Waals surface area contributed by atoms with Gasteiger partial charge in [0, 0.05) is 0 Å². The van der Waals surface area contributed by atoms with Gasteiger partial charge in [0.05, 0.1) is 0 Å². The Kier molecular flexibility index (Phi) is 7.25. The van der Waals surface area contributed by atoms with Crippen molar-refractivity contribution in [2.75, 3.05) is 6.16 Å². The second kappa shape index (κ2) is 9.53. The fourth-order valence-electron chi connectivity index (χ4n) is 2.54. The van der Waals surface area contributed by atoms with Crippen molar-refractivity contribution in [2.45, 2.75) is 32.1 Å². The molecule has 0 nitrogen and oxygen atoms in total. The lowest BCUT2D eigenvalue weighted by molar-refractivity contribution is 0.678. The third-order valence-corrected chi connectivity index (χ3v) is 6.28. The maximum atomic E-state index is 3.79. The Morgan fingerprint density at radius 3 is 1.76 bits per heavy atom. The Bertz CT molecular complexity index is 464. The molecule has 0 spiro atoms. The zero-order valence-corrected chi connectivity index (χ0v) is 13.6. The highest BCUT2D eigenvalue weighted by atomic mass is 31.1. The van der Waals surface area contributed by atoms with Crippen LogP contribution in [-0.2, 0) is 0 Å². The highest BCUT2D eigenvalue weighted by molar-refractivity contribution is 7.73. The van der Waals surface area contributed by atoms with Gasteiger partial charge in [0.25, 0.3) is 0 Å². The summed E-state index contributed by atoms with van der Waals surface area (Å²) in [5.74, 6) is 0. The van der Waals surface area contributed by atoms with Gasteiger partial charge in [-0.05, 0) is 44.0 Å². The van der Waals surface area contributed by atoms with Crippen LogP contribution in [0.25, 0.3) is 0 Å². The number of allylic oxidation sites excluding steroid dienone is 1. The van der Waals surface area contributed by atoms with Gasteiger partial charge in [0.2, 0.25) is 0 Å². The van der Waals surface area contributed by atoms with Gasteiger partial charge in [0.1, 0.15) is 0 Å². The summed E-state index contributed by atoms with van der Waals surface area (Å²) in [6, 6.07) is 22.0. The standard InChI is InChI=1S/C20H25P/c1-2-3-4-5-6-13-18-21(19-14-9-7-10-15-19)20-16-11-8-12-17-20/h2,7-12,14-17H,1,3-6,13,18H2. The lowest BCUT2D eigenvalue weighted by Gasteiger charge is -2.18. The van der Waals surface area contributed by atoms with Gasteiger partial charge >= 0.3 is 0 Å². The van der Waals surface area contributed by atoms with Crippen molar-refractivity contribution in [3.63, 3.8) is 0 Å². The van der Waals surface area contributed by atoms with Gasteiger partial charge in [-0.3, -0.25) is 0 Å². The van der Waals surface area contributed by atoms with Crippen molar-refractivity contribution in [2.24, 2.45) is 0 Å². The van der Waals surface area contributed by atoms with Gasteiger partial charge in [-0.15, -0.1) is 6.58 Å². The first-order valence-corrected chi connectivity index (χ1v) is 9.43. The van der Waals surface area contributed by atoms with Crippen LogP contribution in [0.15, 0.2) is 73.3 Å². The summed E-state index contributed by atoms with van der Waals surface area (Å²) in [6.07, 6.45) is 9.78. The summed E-state index contributed by atoms with van der Waals surface area (Å²) in [6.45, 7) is 3.79. The Balaban J connectivity index is 1.95. The van der Waals surface area contributed by atoms with Crippen molar-refractivity contribution in [3.8, 4) is 0 Å². The highest BCUT2D eigenvalue weighted by Crippen LogP contribution is 2.34. The molecule has 0 aliphatic heterocycles. The zero-order valence-electron chi connectivity index (χ0n) is 12.7. The number of benzene rings is 2. The molecule has 0 aliphatic carbocycles. The molecular formula is C20H25P. The maximum absolute atomic E-state index is 3.79. The van der Waals surface area contributed by atoms with Crippen LogP contribution < -0.4 is 10.6 Å². The van der Waals surface area contributed by atoms with E-state index in [1.807, 2.05) is 6.08 Å². The van der Waals surface area contributed by atoms with Crippen LogP contribution in [0.1, 0.15) is 32.1 Å². The van der Waals surface area contributed by atoms with Crippen molar-refractivity contribution < 1.29 is 0 Å². The minimum absolute atomic E-state index is 0.196. The number of rotatable bonds is 9. The van der Waals surface area contributed by atoms with Crippen LogP contribution in [0.5, 0.6) is 0 Å². The van der Waals surface area contributed by atoms with E-state index < -0.39 is 0 Å². The summed E-state index contributed by atoms with van der Waals surface area (Å²) >= 11 is 0. The third kappa shape index (κ3) is 5.48. The van der Waals surface area contributed by atoms with Gasteiger partial charge in [-0.1, -0.05) is 79.6 Å². The molecule has 0 aliphatic rings. The molecule has 0 N–H and O–H groups in total. The summed E-state index contributed by atoms with van der Waals surface area (Å²) in [4.78, 5) is 0. The average molecular weight is 296 g/mol. The van der Waals surface area contributed by atoms with E-state index in [2.05, 4.69) is 67.2 Å². The topological polar surface area (TPSA) is 0 Å². The molecule has 0 saturated heterocycles. The first-order valence-electron chi connectivity index (χ1n) is 7.90. The molecule has 0 atom stereocenters. The average Bonchev–Trinajstić information content (AvgIpc) is 2.56. The van der Waals surface area contributed by atoms with E-state index in [1.54, 1.807) is 0 Å². The zero-order chi connectivity index (χ0) is 14.8. The molecule has 1 heteroatoms. The van der Waals surface area contributed by atoms with Gasteiger partial charge in [-0.25, -0.2) is 0 Å². The lowest BCUT2D eigenvalue weighted by Crippen LogP contribution is -2.13. The molecular weight excluding hydrogens is 271 g/mol. The van der Waals surface area contributed by atoms with Gasteiger partial charge < -0.3 is 0 Å². The highest BCUT2D eigenvalue weighted by Gasteiger charge is 2.12. The molecule has 0 heterocycles. The molecule has 2 aromatic rings. The van der Waals surface area contributed by atoms with Crippen LogP contribution in [-0.4, -0.2) is 6.16 Å². The normalized spacial score (nSPS) is 10.7. The first kappa shape index (κ1) is 16.0. The molecule has 110 valence electrons. The molecule has 0 unspecified atom stereocenters. The Morgan fingerprint density at radius 1 is 0.714 bits per heavy atom. The fraction of sp³-hybridized carbons (Fsp3) is 0.300. The van der Waals surface area contributed by atoms with E-state index in [4.69, 9.17) is 0 Å². The van der Waals surface area contributed by atoms with E-state index in [0.29, 0.717) is 0 Å². The molecule has 0 radical (unpaired) electrons. The van der Waals surface area contributed by atoms with Gasteiger partial charge in [-0.2, -0.15) is 0 Å². The minimum Gasteiger partial charge on any atom is -0.103 e. The molecule has 0 saturated carbocycles. The molecule has 0 amide bonds. The Morgan fingerprint density at radius 2 is 1.24 bits per heavy atom. The molecule has 21 heavy (non-hydrogen) atoms. The predicted molar refractivity (Wildman–Crippen MR) is 97.2 cm³/mol. The van der Waals surface area contributed by atoms with Crippen molar-refractivity contribution in [3.05, 3.63) is 73.3 Å². The van der Waals surface area contributed by atoms with E-state index in [-0.39, 0.29) is 7.92 Å². The van der Waals surface area contributed by atoms with Crippen molar-refractivity contribution in [1.82, 2.24) is 0 Å². The molecule has 0 fully saturated rings. The Labute approximate surface area is 130 Å². The van der Waals surface area contributed by atoms with Crippen LogP contribution in [0.2, 0.25) is 0 Å². The largest absolute Gasteiger partial charge is 0.103 e. The lowest BCUT2D eigenvalue weighted by atomic mass is 10.2. The van der Waals surface area contributed by atoms with Crippen molar-refractivity contribution >= 4 is 18.5 Å². The second-order valence-corrected chi connectivity index (χ2v) is 7.65. The quantitative estimate of drug-likeness (QED) is 0.336. The van der Waals surface area contributed by atoms with Crippen LogP contribution in [0, 0.1) is 0 Å². The predicted octanol–water partition coefficient (Wildman–Crippen LogP) is 5.26. The smallest absolute Gasteiger partial charge is 0.0195 e. The van der Waals surface area contributed by atoms with Crippen LogP contribution in [0.4, 0.5) is 0 Å². The van der Waals surface area contributed by atoms with E-state index in [1.165, 1.54) is 42.5 Å². The number of hydrogen-bond acceptors (Lipinski definition) is 0. The minimum atomic E-state index is -0.196. The summed E-state index contributed by atoms with van der Waals surface area (Å²) in [5, 5.41) is 3.01. The number of hydrogen-bond donors (Lipinski definition) is 0. The maximum Gasteiger partial charge on any atom is -0.0195 e. The molecule has 2 aromatic carbocycles. The van der Waals surface area contributed by atoms with Crippen LogP contribution in [0.3, 0.4) is 0 Å². The monoisotopic (exact) mass is 296 g/mol. The van der Waals surface area contributed by atoms with Crippen LogP contribution >= 0.6 is 7.92 Å². The number of unbranched alkanes of at least 4 members (excludes halogenated alkanes) is 4. The SMILES string of the molecule is C=CCCCCCCP(c1ccccc1)c1ccccc1. The summed E-state index contributed by atoms with van der Waals surface area (Å²) in [5.41, 5.74) is 0. The first-order chi connectivity index (χ1) is 10.4. The Hall–Kier alpha value is -1.39. The van der Waals surface area contributed by atoms with E-state index in [0.717, 1.165) is 6.42 Å².